The van der Waals surface area contributed by atoms with E-state index in [1.54, 1.807) is 13.3 Å². The molecular weight excluding hydrogens is 394 g/mol. The zero-order valence-corrected chi connectivity index (χ0v) is 18.0. The highest BCUT2D eigenvalue weighted by molar-refractivity contribution is 7.12. The van der Waals surface area contributed by atoms with Crippen LogP contribution < -0.4 is 10.1 Å². The average molecular weight is 422 g/mol. The van der Waals surface area contributed by atoms with Crippen molar-refractivity contribution in [2.24, 2.45) is 5.92 Å². The highest BCUT2D eigenvalue weighted by atomic mass is 32.1. The standard InChI is InChI=1S/C24H27N3O2S/c1-29-20-9-4-7-18(15-20)16-27-13-5-8-19(17-27)23(21-10-2-3-12-25-21)26-24(28)22-11-6-14-30-22/h2-4,6-7,9-12,14-15,19,23H,5,8,13,16-17H2,1H3,(H,26,28)/t19-,23-/m0/s1. The normalized spacial score (nSPS) is 18.0. The number of methoxy groups -OCH3 is 1. The van der Waals surface area contributed by atoms with Gasteiger partial charge in [-0.15, -0.1) is 11.3 Å². The number of ether oxygens (including phenoxy) is 1. The number of benzene rings is 1. The number of nitrogens with zero attached hydrogens (tertiary/aromatic N) is 2. The van der Waals surface area contributed by atoms with Gasteiger partial charge in [0.1, 0.15) is 5.75 Å². The molecule has 0 bridgehead atoms. The molecule has 2 aromatic heterocycles. The average Bonchev–Trinajstić information content (AvgIpc) is 3.33. The van der Waals surface area contributed by atoms with E-state index >= 15 is 0 Å². The number of hydrogen-bond donors (Lipinski definition) is 1. The summed E-state index contributed by atoms with van der Waals surface area (Å²) in [5.74, 6) is 1.17. The second kappa shape index (κ2) is 9.87. The molecule has 30 heavy (non-hydrogen) atoms. The molecule has 0 radical (unpaired) electrons. The van der Waals surface area contributed by atoms with Crippen LogP contribution in [-0.2, 0) is 6.54 Å². The largest absolute Gasteiger partial charge is 0.497 e. The lowest BCUT2D eigenvalue weighted by atomic mass is 9.88. The van der Waals surface area contributed by atoms with E-state index in [0.29, 0.717) is 5.92 Å². The number of likely N-dealkylation sites (tertiary alicyclic amines) is 1. The smallest absolute Gasteiger partial charge is 0.261 e. The minimum absolute atomic E-state index is 0.0226. The van der Waals surface area contributed by atoms with Gasteiger partial charge >= 0.3 is 0 Å². The Bertz CT molecular complexity index is 946. The first-order chi connectivity index (χ1) is 14.7. The summed E-state index contributed by atoms with van der Waals surface area (Å²) in [5, 5.41) is 5.20. The predicted molar refractivity (Wildman–Crippen MR) is 120 cm³/mol. The number of hydrogen-bond acceptors (Lipinski definition) is 5. The zero-order valence-electron chi connectivity index (χ0n) is 17.2. The summed E-state index contributed by atoms with van der Waals surface area (Å²) in [7, 11) is 1.70. The molecule has 4 rings (SSSR count). The Morgan fingerprint density at radius 3 is 2.97 bits per heavy atom. The van der Waals surface area contributed by atoms with E-state index < -0.39 is 0 Å². The van der Waals surface area contributed by atoms with E-state index in [2.05, 4.69) is 27.3 Å². The van der Waals surface area contributed by atoms with Gasteiger partial charge in [-0.05, 0) is 66.6 Å². The van der Waals surface area contributed by atoms with Gasteiger partial charge in [0.05, 0.1) is 23.7 Å². The third-order valence-corrected chi connectivity index (χ3v) is 6.46. The van der Waals surface area contributed by atoms with E-state index in [-0.39, 0.29) is 11.9 Å². The number of nitrogens with one attached hydrogen (secondary N) is 1. The Morgan fingerprint density at radius 2 is 2.20 bits per heavy atom. The molecule has 0 aliphatic carbocycles. The number of thiophene rings is 1. The van der Waals surface area contributed by atoms with Gasteiger partial charge in [0.15, 0.2) is 0 Å². The van der Waals surface area contributed by atoms with Gasteiger partial charge in [0.25, 0.3) is 5.91 Å². The van der Waals surface area contributed by atoms with E-state index in [1.165, 1.54) is 16.9 Å². The summed E-state index contributed by atoms with van der Waals surface area (Å²) in [4.78, 5) is 20.6. The summed E-state index contributed by atoms with van der Waals surface area (Å²) in [6.45, 7) is 2.85. The Hall–Kier alpha value is -2.70. The van der Waals surface area contributed by atoms with Crippen LogP contribution in [0.5, 0.6) is 5.75 Å². The number of piperidine rings is 1. The quantitative estimate of drug-likeness (QED) is 0.609. The maximum atomic E-state index is 12.8. The van der Waals surface area contributed by atoms with E-state index in [4.69, 9.17) is 4.74 Å². The Balaban J connectivity index is 1.50. The minimum Gasteiger partial charge on any atom is -0.497 e. The van der Waals surface area contributed by atoms with Crippen molar-refractivity contribution in [2.45, 2.75) is 25.4 Å². The van der Waals surface area contributed by atoms with Crippen LogP contribution in [0.25, 0.3) is 0 Å². The lowest BCUT2D eigenvalue weighted by molar-refractivity contribution is 0.0879. The van der Waals surface area contributed by atoms with Gasteiger partial charge in [-0.1, -0.05) is 24.3 Å². The van der Waals surface area contributed by atoms with Crippen molar-refractivity contribution >= 4 is 17.2 Å². The van der Waals surface area contributed by atoms with Crippen LogP contribution in [0.15, 0.2) is 66.2 Å². The number of rotatable bonds is 7. The fourth-order valence-corrected chi connectivity index (χ4v) is 4.78. The van der Waals surface area contributed by atoms with Crippen molar-refractivity contribution in [1.82, 2.24) is 15.2 Å². The number of pyridine rings is 1. The van der Waals surface area contributed by atoms with Crippen molar-refractivity contribution < 1.29 is 9.53 Å². The second-order valence-corrected chi connectivity index (χ2v) is 8.62. The van der Waals surface area contributed by atoms with Crippen molar-refractivity contribution in [3.05, 3.63) is 82.3 Å². The third kappa shape index (κ3) is 5.07. The zero-order chi connectivity index (χ0) is 20.8. The molecule has 0 saturated carbocycles. The lowest BCUT2D eigenvalue weighted by Gasteiger charge is -2.37. The number of amides is 1. The molecule has 1 saturated heterocycles. The number of carbonyl (C=O) groups excluding carboxylic acids is 1. The van der Waals surface area contributed by atoms with Crippen molar-refractivity contribution in [3.63, 3.8) is 0 Å². The Morgan fingerprint density at radius 1 is 1.27 bits per heavy atom. The molecule has 6 heteroatoms. The van der Waals surface area contributed by atoms with Crippen LogP contribution in [0.3, 0.4) is 0 Å². The van der Waals surface area contributed by atoms with Gasteiger partial charge < -0.3 is 10.1 Å². The molecule has 3 aromatic rings. The molecule has 1 N–H and O–H groups in total. The van der Waals surface area contributed by atoms with E-state index in [9.17, 15) is 4.79 Å². The van der Waals surface area contributed by atoms with Gasteiger partial charge in [-0.3, -0.25) is 14.7 Å². The Labute approximate surface area is 181 Å². The van der Waals surface area contributed by atoms with Gasteiger partial charge in [-0.25, -0.2) is 0 Å². The predicted octanol–water partition coefficient (Wildman–Crippen LogP) is 4.54. The first-order valence-corrected chi connectivity index (χ1v) is 11.2. The Kier molecular flexibility index (Phi) is 6.77. The van der Waals surface area contributed by atoms with Gasteiger partial charge in [0, 0.05) is 19.3 Å². The van der Waals surface area contributed by atoms with Crippen molar-refractivity contribution in [1.29, 1.82) is 0 Å². The number of carbonyl (C=O) groups is 1. The molecule has 2 atom stereocenters. The molecule has 1 amide bonds. The van der Waals surface area contributed by atoms with Gasteiger partial charge in [-0.2, -0.15) is 0 Å². The van der Waals surface area contributed by atoms with E-state index in [0.717, 1.165) is 48.8 Å². The highest BCUT2D eigenvalue weighted by Crippen LogP contribution is 2.30. The van der Waals surface area contributed by atoms with Crippen molar-refractivity contribution in [3.8, 4) is 5.75 Å². The fraction of sp³-hybridized carbons (Fsp3) is 0.333. The first kappa shape index (κ1) is 20.6. The summed E-state index contributed by atoms with van der Waals surface area (Å²) >= 11 is 1.47. The first-order valence-electron chi connectivity index (χ1n) is 10.3. The second-order valence-electron chi connectivity index (χ2n) is 7.67. The maximum absolute atomic E-state index is 12.8. The maximum Gasteiger partial charge on any atom is 0.261 e. The summed E-state index contributed by atoms with van der Waals surface area (Å²) in [5.41, 5.74) is 2.17. The van der Waals surface area contributed by atoms with E-state index in [1.807, 2.05) is 47.8 Å². The third-order valence-electron chi connectivity index (χ3n) is 5.59. The highest BCUT2D eigenvalue weighted by Gasteiger charge is 2.30. The van der Waals surface area contributed by atoms with Crippen LogP contribution in [0.1, 0.15) is 39.8 Å². The molecule has 1 aromatic carbocycles. The fourth-order valence-electron chi connectivity index (χ4n) is 4.15. The number of aromatic nitrogens is 1. The SMILES string of the molecule is COc1cccc(CN2CCC[C@H]([C@H](NC(=O)c3cccs3)c3ccccn3)C2)c1. The molecule has 1 aliphatic rings. The molecule has 0 spiro atoms. The summed E-state index contributed by atoms with van der Waals surface area (Å²) in [6.07, 6.45) is 3.98. The van der Waals surface area contributed by atoms with Crippen LogP contribution in [0.2, 0.25) is 0 Å². The van der Waals surface area contributed by atoms with Crippen LogP contribution in [0, 0.1) is 5.92 Å². The lowest BCUT2D eigenvalue weighted by Crippen LogP contribution is -2.42. The minimum atomic E-state index is -0.103. The molecule has 5 nitrogen and oxygen atoms in total. The molecular formula is C24H27N3O2S. The molecule has 156 valence electrons. The van der Waals surface area contributed by atoms with Gasteiger partial charge in [0.2, 0.25) is 0 Å². The molecule has 3 heterocycles. The van der Waals surface area contributed by atoms with Crippen molar-refractivity contribution in [2.75, 3.05) is 20.2 Å². The van der Waals surface area contributed by atoms with Crippen LogP contribution >= 0.6 is 11.3 Å². The van der Waals surface area contributed by atoms with Crippen LogP contribution in [-0.4, -0.2) is 36.0 Å². The topological polar surface area (TPSA) is 54.5 Å². The molecule has 1 fully saturated rings. The van der Waals surface area contributed by atoms with Crippen LogP contribution in [0.4, 0.5) is 0 Å². The summed E-state index contributed by atoms with van der Waals surface area (Å²) < 4.78 is 5.37. The molecule has 0 unspecified atom stereocenters. The summed E-state index contributed by atoms with van der Waals surface area (Å²) in [6, 6.07) is 17.8. The molecule has 1 aliphatic heterocycles. The monoisotopic (exact) mass is 421 g/mol.